The van der Waals surface area contributed by atoms with E-state index in [0.717, 1.165) is 13.8 Å². The minimum atomic E-state index is 0.188. The van der Waals surface area contributed by atoms with E-state index >= 15 is 0 Å². The summed E-state index contributed by atoms with van der Waals surface area (Å²) in [4.78, 5) is 12.0. The fourth-order valence-corrected chi connectivity index (χ4v) is 2.88. The van der Waals surface area contributed by atoms with E-state index in [1.165, 1.54) is 11.3 Å². The van der Waals surface area contributed by atoms with Crippen molar-refractivity contribution in [3.8, 4) is 0 Å². The number of Topliss-reactive ketones (excluding diaryl/α,β-unsaturated/α-hetero) is 1. The minimum absolute atomic E-state index is 0.188. The van der Waals surface area contributed by atoms with Gasteiger partial charge in [-0.05, 0) is 31.9 Å². The minimum Gasteiger partial charge on any atom is -0.293 e. The van der Waals surface area contributed by atoms with Gasteiger partial charge in [-0.3, -0.25) is 4.79 Å². The molecule has 1 heterocycles. The summed E-state index contributed by atoms with van der Waals surface area (Å²) in [6, 6.07) is 0. The Morgan fingerprint density at radius 3 is 2.64 bits per heavy atom. The van der Waals surface area contributed by atoms with E-state index in [0.29, 0.717) is 6.42 Å². The molecule has 0 amide bonds. The van der Waals surface area contributed by atoms with Gasteiger partial charge in [-0.15, -0.1) is 11.3 Å². The van der Waals surface area contributed by atoms with Crippen molar-refractivity contribution in [3.63, 3.8) is 0 Å². The van der Waals surface area contributed by atoms with Gasteiger partial charge in [0.15, 0.2) is 5.78 Å². The van der Waals surface area contributed by atoms with Crippen LogP contribution in [0.3, 0.4) is 0 Å². The summed E-state index contributed by atoms with van der Waals surface area (Å²) >= 11 is 8.12. The molecule has 0 saturated heterocycles. The number of thiophene rings is 1. The molecule has 0 fully saturated rings. The second-order valence-electron chi connectivity index (χ2n) is 2.00. The molecular weight excluding hydrogens is 292 g/mol. The van der Waals surface area contributed by atoms with E-state index in [9.17, 15) is 4.79 Å². The highest BCUT2D eigenvalue weighted by molar-refractivity contribution is 9.13. The Labute approximate surface area is 86.1 Å². The molecular formula is C7H6Br2OS. The molecule has 0 radical (unpaired) electrons. The SMILES string of the molecule is CCC(=O)c1scc(Br)c1Br. The van der Waals surface area contributed by atoms with Crippen LogP contribution < -0.4 is 0 Å². The maximum atomic E-state index is 11.2. The van der Waals surface area contributed by atoms with Crippen molar-refractivity contribution in [1.82, 2.24) is 0 Å². The first-order valence-corrected chi connectivity index (χ1v) is 5.59. The van der Waals surface area contributed by atoms with Gasteiger partial charge in [0, 0.05) is 16.3 Å². The summed E-state index contributed by atoms with van der Waals surface area (Å²) in [7, 11) is 0. The molecule has 0 atom stereocenters. The van der Waals surface area contributed by atoms with Crippen LogP contribution in [0.5, 0.6) is 0 Å². The Morgan fingerprint density at radius 2 is 2.27 bits per heavy atom. The molecule has 0 aliphatic heterocycles. The highest BCUT2D eigenvalue weighted by atomic mass is 79.9. The van der Waals surface area contributed by atoms with Crippen LogP contribution in [0.1, 0.15) is 23.0 Å². The summed E-state index contributed by atoms with van der Waals surface area (Å²) in [5, 5.41) is 1.91. The van der Waals surface area contributed by atoms with Gasteiger partial charge >= 0.3 is 0 Å². The molecule has 1 aromatic rings. The smallest absolute Gasteiger partial charge is 0.173 e. The average Bonchev–Trinajstić information content (AvgIpc) is 2.32. The first kappa shape index (κ1) is 9.42. The summed E-state index contributed by atoms with van der Waals surface area (Å²) in [6.45, 7) is 1.86. The van der Waals surface area contributed by atoms with Crippen LogP contribution in [0.25, 0.3) is 0 Å². The third-order valence-corrected chi connectivity index (χ3v) is 4.83. The third-order valence-electron chi connectivity index (χ3n) is 1.26. The normalized spacial score (nSPS) is 10.1. The van der Waals surface area contributed by atoms with E-state index in [2.05, 4.69) is 31.9 Å². The van der Waals surface area contributed by atoms with Gasteiger partial charge in [0.25, 0.3) is 0 Å². The second kappa shape index (κ2) is 3.83. The fraction of sp³-hybridized carbons (Fsp3) is 0.286. The largest absolute Gasteiger partial charge is 0.293 e. The maximum absolute atomic E-state index is 11.2. The van der Waals surface area contributed by atoms with Crippen LogP contribution >= 0.6 is 43.2 Å². The van der Waals surface area contributed by atoms with Crippen LogP contribution in [0, 0.1) is 0 Å². The number of halogens is 2. The number of hydrogen-bond acceptors (Lipinski definition) is 2. The van der Waals surface area contributed by atoms with Crippen LogP contribution in [0.4, 0.5) is 0 Å². The molecule has 1 nitrogen and oxygen atoms in total. The molecule has 0 aliphatic rings. The molecule has 1 aromatic heterocycles. The molecule has 0 aliphatic carbocycles. The Bertz CT molecular complexity index is 280. The number of carbonyl (C=O) groups is 1. The van der Waals surface area contributed by atoms with Crippen molar-refractivity contribution in [2.75, 3.05) is 0 Å². The van der Waals surface area contributed by atoms with Gasteiger partial charge in [-0.25, -0.2) is 0 Å². The zero-order chi connectivity index (χ0) is 8.43. The first-order chi connectivity index (χ1) is 5.16. The highest BCUT2D eigenvalue weighted by Crippen LogP contribution is 2.33. The highest BCUT2D eigenvalue weighted by Gasteiger charge is 2.12. The van der Waals surface area contributed by atoms with Gasteiger partial charge in [0.05, 0.1) is 9.35 Å². The summed E-state index contributed by atoms with van der Waals surface area (Å²) in [5.41, 5.74) is 0. The zero-order valence-electron chi connectivity index (χ0n) is 5.86. The molecule has 0 aromatic carbocycles. The third kappa shape index (κ3) is 1.92. The lowest BCUT2D eigenvalue weighted by Crippen LogP contribution is -1.92. The van der Waals surface area contributed by atoms with Crippen LogP contribution in [0.15, 0.2) is 14.3 Å². The second-order valence-corrected chi connectivity index (χ2v) is 4.53. The fourth-order valence-electron chi connectivity index (χ4n) is 0.671. The molecule has 4 heteroatoms. The molecule has 0 bridgehead atoms. The van der Waals surface area contributed by atoms with Crippen LogP contribution in [-0.2, 0) is 0 Å². The Hall–Kier alpha value is 0.330. The summed E-state index contributed by atoms with van der Waals surface area (Å²) in [6.07, 6.45) is 0.561. The Morgan fingerprint density at radius 1 is 1.64 bits per heavy atom. The molecule has 0 spiro atoms. The van der Waals surface area contributed by atoms with Crippen LogP contribution in [0.2, 0.25) is 0 Å². The van der Waals surface area contributed by atoms with Crippen LogP contribution in [-0.4, -0.2) is 5.78 Å². The van der Waals surface area contributed by atoms with Gasteiger partial charge in [-0.2, -0.15) is 0 Å². The molecule has 60 valence electrons. The van der Waals surface area contributed by atoms with Crippen molar-refractivity contribution >= 4 is 49.0 Å². The predicted octanol–water partition coefficient (Wildman–Crippen LogP) is 3.87. The zero-order valence-corrected chi connectivity index (χ0v) is 9.85. The van der Waals surface area contributed by atoms with Gasteiger partial charge < -0.3 is 0 Å². The number of ketones is 1. The maximum Gasteiger partial charge on any atom is 0.173 e. The van der Waals surface area contributed by atoms with E-state index < -0.39 is 0 Å². The lowest BCUT2D eigenvalue weighted by Gasteiger charge is -1.92. The Kier molecular flexibility index (Phi) is 3.28. The first-order valence-electron chi connectivity index (χ1n) is 3.12. The average molecular weight is 298 g/mol. The number of carbonyl (C=O) groups excluding carboxylic acids is 1. The standard InChI is InChI=1S/C7H6Br2OS/c1-2-5(10)7-6(9)4(8)3-11-7/h3H,2H2,1H3. The van der Waals surface area contributed by atoms with Gasteiger partial charge in [0.2, 0.25) is 0 Å². The van der Waals surface area contributed by atoms with E-state index in [-0.39, 0.29) is 5.78 Å². The van der Waals surface area contributed by atoms with Gasteiger partial charge in [0.1, 0.15) is 0 Å². The van der Waals surface area contributed by atoms with Gasteiger partial charge in [-0.1, -0.05) is 6.92 Å². The molecule has 0 N–H and O–H groups in total. The lowest BCUT2D eigenvalue weighted by atomic mass is 10.3. The number of rotatable bonds is 2. The Balaban J connectivity index is 3.04. The summed E-state index contributed by atoms with van der Waals surface area (Å²) in [5.74, 6) is 0.188. The van der Waals surface area contributed by atoms with Crippen molar-refractivity contribution in [1.29, 1.82) is 0 Å². The molecule has 1 rings (SSSR count). The topological polar surface area (TPSA) is 17.1 Å². The lowest BCUT2D eigenvalue weighted by molar-refractivity contribution is 0.0991. The predicted molar refractivity (Wildman–Crippen MR) is 54.3 cm³/mol. The van der Waals surface area contributed by atoms with Crippen molar-refractivity contribution in [2.24, 2.45) is 0 Å². The molecule has 0 unspecified atom stereocenters. The monoisotopic (exact) mass is 296 g/mol. The van der Waals surface area contributed by atoms with E-state index in [1.54, 1.807) is 0 Å². The van der Waals surface area contributed by atoms with E-state index in [4.69, 9.17) is 0 Å². The van der Waals surface area contributed by atoms with Crippen molar-refractivity contribution < 1.29 is 4.79 Å². The quantitative estimate of drug-likeness (QED) is 0.758. The summed E-state index contributed by atoms with van der Waals surface area (Å²) < 4.78 is 1.84. The van der Waals surface area contributed by atoms with E-state index in [1.807, 2.05) is 12.3 Å². The van der Waals surface area contributed by atoms with Crippen molar-refractivity contribution in [3.05, 3.63) is 19.2 Å². The van der Waals surface area contributed by atoms with Crippen molar-refractivity contribution in [2.45, 2.75) is 13.3 Å². The molecule has 11 heavy (non-hydrogen) atoms. The number of hydrogen-bond donors (Lipinski definition) is 0. The molecule has 0 saturated carbocycles.